The smallest absolute Gasteiger partial charge is 0.243 e. The fraction of sp³-hybridized carbons (Fsp3) is 0.0833. The first kappa shape index (κ1) is 13.1. The molecule has 3 rings (SSSR count). The summed E-state index contributed by atoms with van der Waals surface area (Å²) in [6.07, 6.45) is 0. The fourth-order valence-electron chi connectivity index (χ4n) is 1.87. The molecular weight excluding hydrogens is 302 g/mol. The van der Waals surface area contributed by atoms with Crippen molar-refractivity contribution in [2.75, 3.05) is 6.79 Å². The molecule has 0 saturated carbocycles. The molecule has 0 spiro atoms. The highest BCUT2D eigenvalue weighted by molar-refractivity contribution is 7.89. The molecule has 8 heteroatoms. The third-order valence-corrected chi connectivity index (χ3v) is 4.88. The van der Waals surface area contributed by atoms with Gasteiger partial charge in [0.05, 0.1) is 0 Å². The van der Waals surface area contributed by atoms with Gasteiger partial charge in [-0.1, -0.05) is 41.7 Å². The molecule has 20 heavy (non-hydrogen) atoms. The zero-order valence-electron chi connectivity index (χ0n) is 10.0. The molecule has 0 amide bonds. The molecule has 1 aromatic carbocycles. The van der Waals surface area contributed by atoms with Gasteiger partial charge in [-0.3, -0.25) is 4.79 Å². The normalized spacial score (nSPS) is 13.4. The molecule has 104 valence electrons. The van der Waals surface area contributed by atoms with Crippen molar-refractivity contribution in [1.82, 2.24) is 0 Å². The maximum Gasteiger partial charge on any atom is 0.243 e. The van der Waals surface area contributed by atoms with Crippen molar-refractivity contribution in [3.63, 3.8) is 0 Å². The van der Waals surface area contributed by atoms with Crippen LogP contribution in [-0.2, 0) is 10.0 Å². The Hall–Kier alpha value is -1.90. The largest absolute Gasteiger partial charge is 0.451 e. The van der Waals surface area contributed by atoms with Gasteiger partial charge in [-0.2, -0.15) is 0 Å². The zero-order valence-corrected chi connectivity index (χ0v) is 11.7. The van der Waals surface area contributed by atoms with Crippen LogP contribution in [0.15, 0.2) is 35.2 Å². The minimum atomic E-state index is -4.08. The molecule has 0 atom stereocenters. The number of nitrogens with two attached hydrogens (primary N) is 1. The van der Waals surface area contributed by atoms with Crippen molar-refractivity contribution in [2.45, 2.75) is 4.90 Å². The first-order valence-corrected chi connectivity index (χ1v) is 7.89. The number of fused-ring (bicyclic) bond motifs is 1. The van der Waals surface area contributed by atoms with E-state index in [1.165, 1.54) is 0 Å². The van der Waals surface area contributed by atoms with Gasteiger partial charge in [0, 0.05) is 5.56 Å². The topological polar surface area (TPSA) is 95.7 Å². The number of thiophene rings is 1. The summed E-state index contributed by atoms with van der Waals surface area (Å²) >= 11 is 0.923. The standard InChI is InChI=1S/C12H9NO5S2/c13-20(15,16)11-9-12(18-6-17-9)19-10(11)8(14)7-4-2-1-3-5-7/h1-5H,6H2,(H2,13,15,16). The second-order valence-electron chi connectivity index (χ2n) is 4.02. The first-order valence-electron chi connectivity index (χ1n) is 5.53. The number of benzene rings is 1. The third-order valence-electron chi connectivity index (χ3n) is 2.71. The first-order chi connectivity index (χ1) is 9.48. The number of primary sulfonamides is 1. The van der Waals surface area contributed by atoms with Gasteiger partial charge >= 0.3 is 0 Å². The van der Waals surface area contributed by atoms with Crippen molar-refractivity contribution in [1.29, 1.82) is 0 Å². The number of rotatable bonds is 3. The molecule has 1 aromatic heterocycles. The maximum atomic E-state index is 12.4. The van der Waals surface area contributed by atoms with Crippen LogP contribution in [0.5, 0.6) is 10.8 Å². The van der Waals surface area contributed by atoms with Crippen LogP contribution in [0.4, 0.5) is 0 Å². The summed E-state index contributed by atoms with van der Waals surface area (Å²) in [6.45, 7) is -0.0799. The second kappa shape index (κ2) is 4.58. The molecule has 0 fully saturated rings. The Balaban J connectivity index is 2.18. The Morgan fingerprint density at radius 2 is 1.90 bits per heavy atom. The zero-order chi connectivity index (χ0) is 14.3. The van der Waals surface area contributed by atoms with E-state index in [9.17, 15) is 13.2 Å². The summed E-state index contributed by atoms with van der Waals surface area (Å²) in [5, 5.41) is 5.44. The lowest BCUT2D eigenvalue weighted by atomic mass is 10.1. The second-order valence-corrected chi connectivity index (χ2v) is 6.51. The lowest BCUT2D eigenvalue weighted by Crippen LogP contribution is -2.16. The van der Waals surface area contributed by atoms with E-state index in [1.807, 2.05) is 0 Å². The van der Waals surface area contributed by atoms with Crippen LogP contribution in [-0.4, -0.2) is 21.0 Å². The van der Waals surface area contributed by atoms with Gasteiger partial charge in [-0.15, -0.1) is 0 Å². The molecule has 2 heterocycles. The number of ketones is 1. The Morgan fingerprint density at radius 1 is 1.20 bits per heavy atom. The number of ether oxygens (including phenoxy) is 2. The van der Waals surface area contributed by atoms with Gasteiger partial charge in [-0.25, -0.2) is 13.6 Å². The average molecular weight is 311 g/mol. The quantitative estimate of drug-likeness (QED) is 0.863. The predicted octanol–water partition coefficient (Wildman–Crippen LogP) is 1.36. The maximum absolute atomic E-state index is 12.4. The van der Waals surface area contributed by atoms with Crippen molar-refractivity contribution in [3.8, 4) is 10.8 Å². The number of sulfonamides is 1. The van der Waals surface area contributed by atoms with Crippen LogP contribution in [0.3, 0.4) is 0 Å². The average Bonchev–Trinajstić information content (AvgIpc) is 2.97. The lowest BCUT2D eigenvalue weighted by molar-refractivity contribution is 0.103. The molecule has 0 radical (unpaired) electrons. The van der Waals surface area contributed by atoms with Gasteiger partial charge in [0.2, 0.25) is 27.7 Å². The summed E-state index contributed by atoms with van der Waals surface area (Å²) in [6, 6.07) is 8.35. The van der Waals surface area contributed by atoms with Crippen molar-refractivity contribution in [3.05, 3.63) is 40.8 Å². The molecule has 1 aliphatic heterocycles. The van der Waals surface area contributed by atoms with E-state index in [2.05, 4.69) is 0 Å². The molecule has 0 aliphatic carbocycles. The van der Waals surface area contributed by atoms with Crippen molar-refractivity contribution < 1.29 is 22.7 Å². The summed E-state index contributed by atoms with van der Waals surface area (Å²) in [5.41, 5.74) is 0.373. The molecule has 6 nitrogen and oxygen atoms in total. The summed E-state index contributed by atoms with van der Waals surface area (Å²) in [7, 11) is -4.08. The van der Waals surface area contributed by atoms with Crippen molar-refractivity contribution in [2.24, 2.45) is 5.14 Å². The molecule has 0 saturated heterocycles. The van der Waals surface area contributed by atoms with Gasteiger partial charge in [0.25, 0.3) is 0 Å². The van der Waals surface area contributed by atoms with E-state index < -0.39 is 15.8 Å². The van der Waals surface area contributed by atoms with Gasteiger partial charge in [0.1, 0.15) is 9.77 Å². The molecular formula is C12H9NO5S2. The minimum absolute atomic E-state index is 0.00315. The fourth-order valence-corrected chi connectivity index (χ4v) is 4.11. The van der Waals surface area contributed by atoms with Crippen LogP contribution in [0, 0.1) is 0 Å². The SMILES string of the molecule is NS(=O)(=O)c1c(C(=O)c2ccccc2)sc2c1OCO2. The molecule has 1 aliphatic rings. The van der Waals surface area contributed by atoms with E-state index in [-0.39, 0.29) is 27.4 Å². The Labute approximate surface area is 118 Å². The number of hydrogen-bond donors (Lipinski definition) is 1. The van der Waals surface area contributed by atoms with Gasteiger partial charge in [0.15, 0.2) is 5.75 Å². The van der Waals surface area contributed by atoms with Crippen molar-refractivity contribution >= 4 is 27.1 Å². The van der Waals surface area contributed by atoms with Crippen LogP contribution in [0.25, 0.3) is 0 Å². The van der Waals surface area contributed by atoms with Crippen LogP contribution < -0.4 is 14.6 Å². The van der Waals surface area contributed by atoms with E-state index in [0.717, 1.165) is 11.3 Å². The minimum Gasteiger partial charge on any atom is -0.451 e. The number of carbonyl (C=O) groups excluding carboxylic acids is 1. The number of carbonyl (C=O) groups is 1. The highest BCUT2D eigenvalue weighted by atomic mass is 32.2. The van der Waals surface area contributed by atoms with E-state index in [0.29, 0.717) is 5.56 Å². The predicted molar refractivity (Wildman–Crippen MR) is 71.7 cm³/mol. The Morgan fingerprint density at radius 3 is 2.55 bits per heavy atom. The van der Waals surface area contributed by atoms with Gasteiger partial charge < -0.3 is 9.47 Å². The van der Waals surface area contributed by atoms with E-state index >= 15 is 0 Å². The summed E-state index contributed by atoms with van der Waals surface area (Å²) in [4.78, 5) is 12.1. The summed E-state index contributed by atoms with van der Waals surface area (Å²) in [5.74, 6) is -0.405. The van der Waals surface area contributed by atoms with Crippen LogP contribution in [0.2, 0.25) is 0 Å². The third kappa shape index (κ3) is 2.07. The highest BCUT2D eigenvalue weighted by Gasteiger charge is 2.34. The molecule has 0 unspecified atom stereocenters. The Kier molecular flexibility index (Phi) is 3.00. The molecule has 2 N–H and O–H groups in total. The molecule has 2 aromatic rings. The monoisotopic (exact) mass is 311 g/mol. The van der Waals surface area contributed by atoms with E-state index in [1.54, 1.807) is 30.3 Å². The van der Waals surface area contributed by atoms with Crippen LogP contribution in [0.1, 0.15) is 15.2 Å². The van der Waals surface area contributed by atoms with E-state index in [4.69, 9.17) is 14.6 Å². The number of hydrogen-bond acceptors (Lipinski definition) is 6. The lowest BCUT2D eigenvalue weighted by Gasteiger charge is -2.03. The Bertz CT molecular complexity index is 780. The highest BCUT2D eigenvalue weighted by Crippen LogP contribution is 2.47. The van der Waals surface area contributed by atoms with Gasteiger partial charge in [-0.05, 0) is 0 Å². The van der Waals surface area contributed by atoms with Crippen LogP contribution >= 0.6 is 11.3 Å². The molecule has 0 bridgehead atoms. The summed E-state index contributed by atoms with van der Waals surface area (Å²) < 4.78 is 33.6.